The Balaban J connectivity index is 2.49. The first-order valence-corrected chi connectivity index (χ1v) is 4.32. The maximum Gasteiger partial charge on any atom is 0.211 e. The van der Waals surface area contributed by atoms with Gasteiger partial charge in [-0.05, 0) is 31.2 Å². The first kappa shape index (κ1) is 10.0. The number of rotatable bonds is 4. The third-order valence-corrected chi connectivity index (χ3v) is 1.67. The Kier molecular flexibility index (Phi) is 3.73. The first-order valence-electron chi connectivity index (χ1n) is 4.32. The minimum Gasteiger partial charge on any atom is -0.399 e. The van der Waals surface area contributed by atoms with Gasteiger partial charge in [-0.1, -0.05) is 0 Å². The largest absolute Gasteiger partial charge is 0.399 e. The third kappa shape index (κ3) is 3.44. The van der Waals surface area contributed by atoms with Crippen LogP contribution in [0.3, 0.4) is 0 Å². The van der Waals surface area contributed by atoms with E-state index >= 15 is 0 Å². The monoisotopic (exact) mass is 182 g/mol. The molecule has 0 aliphatic heterocycles. The summed E-state index contributed by atoms with van der Waals surface area (Å²) in [4.78, 5) is 5.19. The van der Waals surface area contributed by atoms with E-state index in [1.54, 1.807) is 0 Å². The number of anilines is 1. The predicted molar refractivity (Wildman–Crippen MR) is 53.2 cm³/mol. The van der Waals surface area contributed by atoms with Gasteiger partial charge in [0.15, 0.2) is 7.11 Å². The molecular formula is C10H16NO2+. The zero-order valence-corrected chi connectivity index (χ0v) is 8.12. The molecule has 3 heteroatoms. The number of nitrogens with two attached hydrogens (primary N) is 1. The van der Waals surface area contributed by atoms with E-state index in [9.17, 15) is 0 Å². The molecule has 1 aromatic carbocycles. The van der Waals surface area contributed by atoms with Crippen molar-refractivity contribution >= 4 is 5.69 Å². The van der Waals surface area contributed by atoms with Crippen molar-refractivity contribution in [2.75, 3.05) is 19.5 Å². The molecule has 0 amide bonds. The zero-order valence-electron chi connectivity index (χ0n) is 8.12. The summed E-state index contributed by atoms with van der Waals surface area (Å²) >= 11 is 0. The molecule has 2 N–H and O–H groups in total. The van der Waals surface area contributed by atoms with Crippen molar-refractivity contribution in [2.24, 2.45) is 0 Å². The average Bonchev–Trinajstić information content (AvgIpc) is 2.09. The molecule has 1 rings (SSSR count). The van der Waals surface area contributed by atoms with Gasteiger partial charge in [-0.15, -0.1) is 4.89 Å². The fraction of sp³-hybridized carbons (Fsp3) is 0.400. The number of hydrogen-bond donors (Lipinski definition) is 1. The second kappa shape index (κ2) is 4.84. The lowest BCUT2D eigenvalue weighted by molar-refractivity contribution is -0.447. The molecule has 0 radical (unpaired) electrons. The summed E-state index contributed by atoms with van der Waals surface area (Å²) < 4.78 is 2.57. The van der Waals surface area contributed by atoms with E-state index in [4.69, 9.17) is 10.6 Å². The van der Waals surface area contributed by atoms with Gasteiger partial charge in [0, 0.05) is 11.3 Å². The average molecular weight is 182 g/mol. The van der Waals surface area contributed by atoms with Crippen molar-refractivity contribution in [2.45, 2.75) is 13.5 Å². The van der Waals surface area contributed by atoms with Gasteiger partial charge in [-0.25, -0.2) is 4.52 Å². The van der Waals surface area contributed by atoms with Crippen LogP contribution in [0, 0.1) is 0 Å². The van der Waals surface area contributed by atoms with Gasteiger partial charge in [0.2, 0.25) is 6.61 Å². The maximum absolute atomic E-state index is 5.56. The molecule has 3 nitrogen and oxygen atoms in total. The Morgan fingerprint density at radius 2 is 1.92 bits per heavy atom. The standard InChI is InChI=1S/C10H16NO2/c1-3-12-13(2)8-9-4-6-10(11)7-5-9/h4-7H,3,8,11H2,1-2H3/q+1. The third-order valence-electron chi connectivity index (χ3n) is 1.67. The van der Waals surface area contributed by atoms with Gasteiger partial charge in [0.1, 0.15) is 6.61 Å². The minimum absolute atomic E-state index is 0.663. The highest BCUT2D eigenvalue weighted by Crippen LogP contribution is 2.09. The number of nitrogen functional groups attached to an aromatic ring is 1. The van der Waals surface area contributed by atoms with Gasteiger partial charge >= 0.3 is 0 Å². The van der Waals surface area contributed by atoms with E-state index in [2.05, 4.69) is 4.52 Å². The molecule has 0 heterocycles. The van der Waals surface area contributed by atoms with Crippen molar-refractivity contribution < 1.29 is 9.41 Å². The smallest absolute Gasteiger partial charge is 0.211 e. The molecule has 13 heavy (non-hydrogen) atoms. The van der Waals surface area contributed by atoms with Crippen molar-refractivity contribution in [3.05, 3.63) is 29.8 Å². The molecule has 0 aliphatic rings. The van der Waals surface area contributed by atoms with Gasteiger partial charge in [-0.3, -0.25) is 0 Å². The molecule has 0 spiro atoms. The highest BCUT2D eigenvalue weighted by molar-refractivity contribution is 5.39. The van der Waals surface area contributed by atoms with Crippen LogP contribution < -0.4 is 5.73 Å². The topological polar surface area (TPSA) is 38.0 Å². The molecule has 0 saturated heterocycles. The highest BCUT2D eigenvalue weighted by atomic mass is 17.3. The Labute approximate surface area is 78.7 Å². The van der Waals surface area contributed by atoms with Crippen LogP contribution in [0.2, 0.25) is 0 Å². The molecule has 0 aromatic heterocycles. The van der Waals surface area contributed by atoms with E-state index in [1.807, 2.05) is 38.3 Å². The van der Waals surface area contributed by atoms with Crippen LogP contribution in [0.15, 0.2) is 24.3 Å². The van der Waals surface area contributed by atoms with E-state index in [0.29, 0.717) is 13.2 Å². The van der Waals surface area contributed by atoms with E-state index in [0.717, 1.165) is 11.3 Å². The second-order valence-corrected chi connectivity index (χ2v) is 2.87. The first-order chi connectivity index (χ1) is 6.22. The Morgan fingerprint density at radius 1 is 1.31 bits per heavy atom. The Morgan fingerprint density at radius 3 is 2.46 bits per heavy atom. The summed E-state index contributed by atoms with van der Waals surface area (Å²) in [7, 11) is 1.83. The fourth-order valence-electron chi connectivity index (χ4n) is 1.09. The highest BCUT2D eigenvalue weighted by Gasteiger charge is 2.04. The molecule has 72 valence electrons. The summed E-state index contributed by atoms with van der Waals surface area (Å²) in [5.41, 5.74) is 7.51. The number of benzene rings is 1. The lowest BCUT2D eigenvalue weighted by Crippen LogP contribution is -2.09. The van der Waals surface area contributed by atoms with Crippen molar-refractivity contribution in [1.82, 2.24) is 0 Å². The summed E-state index contributed by atoms with van der Waals surface area (Å²) in [6, 6.07) is 7.74. The van der Waals surface area contributed by atoms with Gasteiger partial charge in [0.05, 0.1) is 0 Å². The minimum atomic E-state index is 0.663. The molecule has 0 unspecified atom stereocenters. The van der Waals surface area contributed by atoms with Crippen molar-refractivity contribution in [1.29, 1.82) is 0 Å². The van der Waals surface area contributed by atoms with Crippen LogP contribution in [-0.2, 0) is 16.0 Å². The summed E-state index contributed by atoms with van der Waals surface area (Å²) in [5, 5.41) is 0. The lowest BCUT2D eigenvalue weighted by Gasteiger charge is -2.08. The van der Waals surface area contributed by atoms with E-state index < -0.39 is 0 Å². The zero-order chi connectivity index (χ0) is 9.68. The van der Waals surface area contributed by atoms with Crippen LogP contribution >= 0.6 is 0 Å². The van der Waals surface area contributed by atoms with Gasteiger partial charge in [0.25, 0.3) is 0 Å². The Hall–Kier alpha value is -1.06. The summed E-state index contributed by atoms with van der Waals surface area (Å²) in [6.07, 6.45) is 0. The van der Waals surface area contributed by atoms with Crippen LogP contribution in [0.4, 0.5) is 5.69 Å². The van der Waals surface area contributed by atoms with E-state index in [-0.39, 0.29) is 0 Å². The summed E-state index contributed by atoms with van der Waals surface area (Å²) in [6.45, 7) is 3.32. The lowest BCUT2D eigenvalue weighted by atomic mass is 10.2. The Bertz CT molecular complexity index is 246. The van der Waals surface area contributed by atoms with Crippen LogP contribution in [0.1, 0.15) is 12.5 Å². The molecule has 0 saturated carbocycles. The van der Waals surface area contributed by atoms with Gasteiger partial charge in [-0.2, -0.15) is 0 Å². The second-order valence-electron chi connectivity index (χ2n) is 2.87. The van der Waals surface area contributed by atoms with Crippen LogP contribution in [0.5, 0.6) is 0 Å². The molecule has 0 bridgehead atoms. The van der Waals surface area contributed by atoms with Crippen molar-refractivity contribution in [3.8, 4) is 0 Å². The predicted octanol–water partition coefficient (Wildman–Crippen LogP) is 1.90. The quantitative estimate of drug-likeness (QED) is 0.334. The van der Waals surface area contributed by atoms with Crippen LogP contribution in [0.25, 0.3) is 0 Å². The number of hydrogen-bond acceptors (Lipinski definition) is 2. The molecule has 1 aromatic rings. The molecular weight excluding hydrogens is 166 g/mol. The SMILES string of the molecule is CCO[O+](C)Cc1ccc(N)cc1. The molecule has 0 atom stereocenters. The van der Waals surface area contributed by atoms with E-state index in [1.165, 1.54) is 0 Å². The fourth-order valence-corrected chi connectivity index (χ4v) is 1.09. The van der Waals surface area contributed by atoms with Crippen molar-refractivity contribution in [3.63, 3.8) is 0 Å². The normalized spacial score (nSPS) is 10.7. The maximum atomic E-state index is 5.56. The molecule has 0 fully saturated rings. The summed E-state index contributed by atoms with van der Waals surface area (Å²) in [5.74, 6) is 0. The van der Waals surface area contributed by atoms with Crippen LogP contribution in [-0.4, -0.2) is 13.7 Å². The van der Waals surface area contributed by atoms with Gasteiger partial charge < -0.3 is 5.73 Å². The molecule has 0 aliphatic carbocycles.